The molecule has 3 aromatic carbocycles. The number of nitrogens with one attached hydrogen (secondary N) is 1. The fraction of sp³-hybridized carbons (Fsp3) is 0.286. The molecule has 0 aromatic heterocycles. The van der Waals surface area contributed by atoms with Gasteiger partial charge < -0.3 is 19.7 Å². The average Bonchev–Trinajstić information content (AvgIpc) is 2.93. The molecule has 11 heteroatoms. The Morgan fingerprint density at radius 3 is 2.18 bits per heavy atom. The Balaban J connectivity index is 2.07. The molecule has 0 heterocycles. The van der Waals surface area contributed by atoms with E-state index in [0.29, 0.717) is 10.8 Å². The molecule has 208 valence electrons. The van der Waals surface area contributed by atoms with Gasteiger partial charge in [0.2, 0.25) is 21.8 Å². The summed E-state index contributed by atoms with van der Waals surface area (Å²) >= 11 is 6.05. The molecule has 0 aliphatic heterocycles. The number of likely N-dealkylation sites (N-methyl/N-ethyl adjacent to an activating group) is 1. The Kier molecular flexibility index (Phi) is 10.2. The van der Waals surface area contributed by atoms with Crippen LogP contribution < -0.4 is 19.1 Å². The van der Waals surface area contributed by atoms with Crippen LogP contribution in [0.5, 0.6) is 11.5 Å². The van der Waals surface area contributed by atoms with Crippen LogP contribution in [0.3, 0.4) is 0 Å². The zero-order valence-electron chi connectivity index (χ0n) is 22.3. The first kappa shape index (κ1) is 29.8. The second-order valence-electron chi connectivity index (χ2n) is 8.78. The van der Waals surface area contributed by atoms with E-state index in [2.05, 4.69) is 5.32 Å². The monoisotopic (exact) mass is 573 g/mol. The third-order valence-corrected chi connectivity index (χ3v) is 7.50. The number of hydrogen-bond acceptors (Lipinski definition) is 6. The van der Waals surface area contributed by atoms with E-state index < -0.39 is 28.5 Å². The van der Waals surface area contributed by atoms with Crippen molar-refractivity contribution in [1.82, 2.24) is 10.2 Å². The van der Waals surface area contributed by atoms with Gasteiger partial charge in [-0.3, -0.25) is 13.9 Å². The van der Waals surface area contributed by atoms with Crippen molar-refractivity contribution < 1.29 is 27.5 Å². The Labute approximate surface area is 234 Å². The van der Waals surface area contributed by atoms with Gasteiger partial charge in [-0.05, 0) is 35.4 Å². The van der Waals surface area contributed by atoms with Crippen molar-refractivity contribution in [3.05, 3.63) is 88.9 Å². The van der Waals surface area contributed by atoms with Crippen molar-refractivity contribution in [2.45, 2.75) is 19.0 Å². The molecule has 1 atom stereocenters. The second-order valence-corrected chi connectivity index (χ2v) is 11.1. The lowest BCUT2D eigenvalue weighted by atomic mass is 10.0. The van der Waals surface area contributed by atoms with E-state index in [1.165, 1.54) is 32.2 Å². The van der Waals surface area contributed by atoms with Crippen molar-refractivity contribution >= 4 is 39.1 Å². The van der Waals surface area contributed by atoms with Crippen LogP contribution in [0.15, 0.2) is 72.8 Å². The van der Waals surface area contributed by atoms with Gasteiger partial charge in [-0.15, -0.1) is 0 Å². The number of carbonyl (C=O) groups excluding carboxylic acids is 2. The highest BCUT2D eigenvalue weighted by molar-refractivity contribution is 7.92. The number of halogens is 1. The maximum atomic E-state index is 14.0. The van der Waals surface area contributed by atoms with Gasteiger partial charge in [0.25, 0.3) is 0 Å². The minimum atomic E-state index is -3.96. The van der Waals surface area contributed by atoms with Gasteiger partial charge in [-0.25, -0.2) is 8.42 Å². The molecule has 0 bridgehead atoms. The Hall–Kier alpha value is -3.76. The van der Waals surface area contributed by atoms with Gasteiger partial charge in [-0.2, -0.15) is 0 Å². The largest absolute Gasteiger partial charge is 0.497 e. The molecular weight excluding hydrogens is 542 g/mol. The summed E-state index contributed by atoms with van der Waals surface area (Å²) in [6, 6.07) is 19.9. The molecule has 0 aliphatic carbocycles. The smallest absolute Gasteiger partial charge is 0.244 e. The Morgan fingerprint density at radius 1 is 0.949 bits per heavy atom. The molecule has 2 amide bonds. The number of carbonyl (C=O) groups is 2. The molecule has 0 spiro atoms. The van der Waals surface area contributed by atoms with Crippen LogP contribution in [0.1, 0.15) is 11.1 Å². The van der Waals surface area contributed by atoms with Crippen molar-refractivity contribution in [2.24, 2.45) is 0 Å². The number of benzene rings is 3. The first-order valence-electron chi connectivity index (χ1n) is 12.1. The number of rotatable bonds is 12. The molecule has 3 aromatic rings. The zero-order chi connectivity index (χ0) is 28.6. The van der Waals surface area contributed by atoms with Gasteiger partial charge >= 0.3 is 0 Å². The van der Waals surface area contributed by atoms with E-state index >= 15 is 0 Å². The quantitative estimate of drug-likeness (QED) is 0.355. The topological polar surface area (TPSA) is 105 Å². The average molecular weight is 574 g/mol. The summed E-state index contributed by atoms with van der Waals surface area (Å²) in [6.07, 6.45) is 1.23. The number of nitrogens with zero attached hydrogens (tertiary/aromatic N) is 2. The summed E-state index contributed by atoms with van der Waals surface area (Å²) in [4.78, 5) is 28.5. The van der Waals surface area contributed by atoms with Crippen LogP contribution in [-0.2, 0) is 32.6 Å². The highest BCUT2D eigenvalue weighted by Gasteiger charge is 2.33. The van der Waals surface area contributed by atoms with Gasteiger partial charge in [0, 0.05) is 31.1 Å². The predicted molar refractivity (Wildman–Crippen MR) is 152 cm³/mol. The van der Waals surface area contributed by atoms with Gasteiger partial charge in [-0.1, -0.05) is 54.1 Å². The lowest BCUT2D eigenvalue weighted by Gasteiger charge is -2.33. The van der Waals surface area contributed by atoms with Crippen LogP contribution in [0.2, 0.25) is 5.02 Å². The van der Waals surface area contributed by atoms with E-state index in [9.17, 15) is 18.0 Å². The first-order valence-corrected chi connectivity index (χ1v) is 14.3. The number of sulfonamides is 1. The number of ether oxygens (including phenoxy) is 2. The molecule has 3 rings (SSSR count). The maximum Gasteiger partial charge on any atom is 0.244 e. The third-order valence-electron chi connectivity index (χ3n) is 6.12. The Morgan fingerprint density at radius 2 is 1.62 bits per heavy atom. The SMILES string of the molecule is CNC(=O)[C@@H](Cc1ccccc1)N(Cc1ccc(Cl)cc1)C(=O)CN(c1cc(OC)ccc1OC)S(C)(=O)=O. The summed E-state index contributed by atoms with van der Waals surface area (Å²) in [5.74, 6) is -0.335. The number of hydrogen-bond donors (Lipinski definition) is 1. The zero-order valence-corrected chi connectivity index (χ0v) is 23.8. The van der Waals surface area contributed by atoms with Crippen molar-refractivity contribution in [3.8, 4) is 11.5 Å². The summed E-state index contributed by atoms with van der Waals surface area (Å²) in [5.41, 5.74) is 1.70. The highest BCUT2D eigenvalue weighted by Crippen LogP contribution is 2.34. The van der Waals surface area contributed by atoms with E-state index in [0.717, 1.165) is 21.7 Å². The van der Waals surface area contributed by atoms with E-state index in [4.69, 9.17) is 21.1 Å². The van der Waals surface area contributed by atoms with E-state index in [1.54, 1.807) is 36.4 Å². The van der Waals surface area contributed by atoms with Gasteiger partial charge in [0.15, 0.2) is 0 Å². The fourth-order valence-electron chi connectivity index (χ4n) is 4.09. The molecule has 0 aliphatic rings. The highest BCUT2D eigenvalue weighted by atomic mass is 35.5. The minimum Gasteiger partial charge on any atom is -0.497 e. The lowest BCUT2D eigenvalue weighted by Crippen LogP contribution is -2.52. The maximum absolute atomic E-state index is 14.0. The first-order chi connectivity index (χ1) is 18.6. The van der Waals surface area contributed by atoms with Crippen molar-refractivity contribution in [3.63, 3.8) is 0 Å². The second kappa shape index (κ2) is 13.3. The molecule has 9 nitrogen and oxygen atoms in total. The molecule has 1 N–H and O–H groups in total. The fourth-order valence-corrected chi connectivity index (χ4v) is 5.06. The van der Waals surface area contributed by atoms with Crippen LogP contribution in [0, 0.1) is 0 Å². The minimum absolute atomic E-state index is 0.0494. The van der Waals surface area contributed by atoms with Crippen LogP contribution in [0.25, 0.3) is 0 Å². The van der Waals surface area contributed by atoms with E-state index in [1.807, 2.05) is 30.3 Å². The standard InChI is InChI=1S/C28H32ClN3O6S/c1-30-28(34)25(16-20-8-6-5-7-9-20)31(18-21-10-12-22(29)13-11-21)27(33)19-32(39(4,35)36)24-17-23(37-2)14-15-26(24)38-3/h5-15,17,25H,16,18-19H2,1-4H3,(H,30,34)/t25-/m1/s1. The van der Waals surface area contributed by atoms with Gasteiger partial charge in [0.05, 0.1) is 26.2 Å². The molecule has 0 radical (unpaired) electrons. The molecule has 0 fully saturated rings. The summed E-state index contributed by atoms with van der Waals surface area (Å²) in [5, 5.41) is 3.17. The lowest BCUT2D eigenvalue weighted by molar-refractivity contribution is -0.139. The molecule has 0 unspecified atom stereocenters. The predicted octanol–water partition coefficient (Wildman–Crippen LogP) is 3.51. The third kappa shape index (κ3) is 7.87. The number of anilines is 1. The molecule has 0 saturated carbocycles. The van der Waals surface area contributed by atoms with Crippen LogP contribution in [0.4, 0.5) is 5.69 Å². The summed E-state index contributed by atoms with van der Waals surface area (Å²) < 4.78 is 37.6. The van der Waals surface area contributed by atoms with E-state index in [-0.39, 0.29) is 30.3 Å². The van der Waals surface area contributed by atoms with Crippen LogP contribution >= 0.6 is 11.6 Å². The molecular formula is C28H32ClN3O6S. The number of methoxy groups -OCH3 is 2. The summed E-state index contributed by atoms with van der Waals surface area (Å²) in [6.45, 7) is -0.522. The van der Waals surface area contributed by atoms with Gasteiger partial charge in [0.1, 0.15) is 24.1 Å². The van der Waals surface area contributed by atoms with Crippen molar-refractivity contribution in [1.29, 1.82) is 0 Å². The van der Waals surface area contributed by atoms with Crippen LogP contribution in [-0.4, -0.2) is 65.2 Å². The Bertz CT molecular complexity index is 1380. The normalized spacial score (nSPS) is 11.8. The summed E-state index contributed by atoms with van der Waals surface area (Å²) in [7, 11) is 0.390. The van der Waals surface area contributed by atoms with Crippen molar-refractivity contribution in [2.75, 3.05) is 38.4 Å². The molecule has 0 saturated heterocycles. The number of amides is 2. The molecule has 39 heavy (non-hydrogen) atoms.